The Morgan fingerprint density at radius 3 is 1.05 bits per heavy atom. The molecule has 0 N–H and O–H groups in total. The van der Waals surface area contributed by atoms with Gasteiger partial charge >= 0.3 is 0 Å². The normalized spacial score (nSPS) is 11.5. The minimum atomic E-state index is 1.09. The second kappa shape index (κ2) is 20.7. The second-order valence-corrected chi connectivity index (χ2v) is 6.71. The van der Waals surface area contributed by atoms with Crippen LogP contribution in [-0.2, 0) is 0 Å². The summed E-state index contributed by atoms with van der Waals surface area (Å²) in [6.45, 7) is 7.77. The van der Waals surface area contributed by atoms with Crippen LogP contribution in [0.3, 0.4) is 0 Å². The van der Waals surface area contributed by atoms with E-state index < -0.39 is 0 Å². The SMILES string of the molecule is [CH2]CCCCC=CCCCCCCCCCCCCCC[CH2]. The number of hydrogen-bond acceptors (Lipinski definition) is 0. The Kier molecular flexibility index (Phi) is 20.5. The highest BCUT2D eigenvalue weighted by Crippen LogP contribution is 2.13. The van der Waals surface area contributed by atoms with Gasteiger partial charge in [0, 0.05) is 0 Å². The molecule has 0 atom stereocenters. The van der Waals surface area contributed by atoms with Gasteiger partial charge in [-0.1, -0.05) is 116 Å². The average molecular weight is 307 g/mol. The van der Waals surface area contributed by atoms with Gasteiger partial charge in [0.1, 0.15) is 0 Å². The summed E-state index contributed by atoms with van der Waals surface area (Å²) in [4.78, 5) is 0. The van der Waals surface area contributed by atoms with Gasteiger partial charge in [0.25, 0.3) is 0 Å². The van der Waals surface area contributed by atoms with Crippen molar-refractivity contribution in [3.63, 3.8) is 0 Å². The van der Waals surface area contributed by atoms with Gasteiger partial charge in [0.2, 0.25) is 0 Å². The molecule has 0 fully saturated rings. The molecule has 0 aromatic rings. The molecule has 130 valence electrons. The Bertz CT molecular complexity index is 204. The summed E-state index contributed by atoms with van der Waals surface area (Å²) in [5, 5.41) is 0. The molecule has 0 aromatic carbocycles. The summed E-state index contributed by atoms with van der Waals surface area (Å²) in [6, 6.07) is 0. The van der Waals surface area contributed by atoms with E-state index in [9.17, 15) is 0 Å². The largest absolute Gasteiger partial charge is 0.0885 e. The van der Waals surface area contributed by atoms with Crippen molar-refractivity contribution < 1.29 is 0 Å². The zero-order valence-corrected chi connectivity index (χ0v) is 15.3. The van der Waals surface area contributed by atoms with E-state index in [0.717, 1.165) is 12.8 Å². The second-order valence-electron chi connectivity index (χ2n) is 6.71. The molecule has 0 aliphatic rings. The van der Waals surface area contributed by atoms with Gasteiger partial charge in [0.05, 0.1) is 0 Å². The van der Waals surface area contributed by atoms with E-state index in [4.69, 9.17) is 0 Å². The van der Waals surface area contributed by atoms with E-state index >= 15 is 0 Å². The molecule has 0 heteroatoms. The van der Waals surface area contributed by atoms with Crippen LogP contribution in [0.15, 0.2) is 12.2 Å². The first-order valence-electron chi connectivity index (χ1n) is 10.1. The van der Waals surface area contributed by atoms with Crippen LogP contribution in [0, 0.1) is 13.8 Å². The smallest absolute Gasteiger partial charge is 0.0351 e. The van der Waals surface area contributed by atoms with E-state index in [1.54, 1.807) is 0 Å². The highest BCUT2D eigenvalue weighted by molar-refractivity contribution is 4.81. The van der Waals surface area contributed by atoms with Crippen LogP contribution < -0.4 is 0 Å². The first-order valence-corrected chi connectivity index (χ1v) is 10.1. The lowest BCUT2D eigenvalue weighted by atomic mass is 10.0. The Balaban J connectivity index is 2.99. The summed E-state index contributed by atoms with van der Waals surface area (Å²) in [6.07, 6.45) is 29.2. The van der Waals surface area contributed by atoms with Gasteiger partial charge in [-0.15, -0.1) is 0 Å². The third-order valence-electron chi connectivity index (χ3n) is 4.41. The Hall–Kier alpha value is -0.260. The molecular weight excluding hydrogens is 264 g/mol. The van der Waals surface area contributed by atoms with Gasteiger partial charge in [0.15, 0.2) is 0 Å². The number of hydrogen-bond donors (Lipinski definition) is 0. The maximum Gasteiger partial charge on any atom is -0.0351 e. The Labute approximate surface area is 142 Å². The molecule has 0 aliphatic carbocycles. The summed E-state index contributed by atoms with van der Waals surface area (Å²) in [5.74, 6) is 0. The molecule has 0 heterocycles. The molecule has 0 saturated heterocycles. The van der Waals surface area contributed by atoms with Crippen LogP contribution >= 0.6 is 0 Å². The summed E-state index contributed by atoms with van der Waals surface area (Å²) >= 11 is 0. The summed E-state index contributed by atoms with van der Waals surface area (Å²) in [7, 11) is 0. The van der Waals surface area contributed by atoms with Crippen molar-refractivity contribution in [2.45, 2.75) is 116 Å². The lowest BCUT2D eigenvalue weighted by Crippen LogP contribution is -1.82. The fraction of sp³-hybridized carbons (Fsp3) is 0.818. The van der Waals surface area contributed by atoms with Crippen molar-refractivity contribution >= 4 is 0 Å². The van der Waals surface area contributed by atoms with Crippen LogP contribution in [0.25, 0.3) is 0 Å². The van der Waals surface area contributed by atoms with E-state index in [-0.39, 0.29) is 0 Å². The monoisotopic (exact) mass is 306 g/mol. The molecule has 2 radical (unpaired) electrons. The molecule has 0 aromatic heterocycles. The maximum atomic E-state index is 3.89. The quantitative estimate of drug-likeness (QED) is 0.177. The van der Waals surface area contributed by atoms with E-state index in [2.05, 4.69) is 26.0 Å². The molecule has 0 amide bonds. The summed E-state index contributed by atoms with van der Waals surface area (Å²) < 4.78 is 0. The minimum Gasteiger partial charge on any atom is -0.0885 e. The minimum absolute atomic E-state index is 1.09. The molecule has 0 spiro atoms. The zero-order valence-electron chi connectivity index (χ0n) is 15.3. The fourth-order valence-corrected chi connectivity index (χ4v) is 2.88. The molecule has 0 saturated carbocycles. The lowest BCUT2D eigenvalue weighted by molar-refractivity contribution is 0.542. The van der Waals surface area contributed by atoms with Crippen LogP contribution in [0.5, 0.6) is 0 Å². The number of rotatable bonds is 18. The fourth-order valence-electron chi connectivity index (χ4n) is 2.88. The third kappa shape index (κ3) is 19.7. The predicted molar refractivity (Wildman–Crippen MR) is 103 cm³/mol. The Morgan fingerprint density at radius 1 is 0.364 bits per heavy atom. The van der Waals surface area contributed by atoms with Gasteiger partial charge < -0.3 is 0 Å². The van der Waals surface area contributed by atoms with Gasteiger partial charge in [-0.3, -0.25) is 0 Å². The van der Waals surface area contributed by atoms with E-state index in [1.165, 1.54) is 103 Å². The molecule has 0 aliphatic heterocycles. The molecule has 0 nitrogen and oxygen atoms in total. The predicted octanol–water partition coefficient (Wildman–Crippen LogP) is 8.23. The molecule has 0 bridgehead atoms. The van der Waals surface area contributed by atoms with Gasteiger partial charge in [-0.2, -0.15) is 0 Å². The third-order valence-corrected chi connectivity index (χ3v) is 4.41. The summed E-state index contributed by atoms with van der Waals surface area (Å²) in [5.41, 5.74) is 0. The van der Waals surface area contributed by atoms with Gasteiger partial charge in [-0.25, -0.2) is 0 Å². The van der Waals surface area contributed by atoms with Crippen molar-refractivity contribution in [2.24, 2.45) is 0 Å². The zero-order chi connectivity index (χ0) is 16.1. The first kappa shape index (κ1) is 21.7. The maximum absolute atomic E-state index is 3.89. The van der Waals surface area contributed by atoms with Crippen LogP contribution in [0.2, 0.25) is 0 Å². The van der Waals surface area contributed by atoms with Crippen LogP contribution in [0.1, 0.15) is 116 Å². The lowest BCUT2D eigenvalue weighted by Gasteiger charge is -2.02. The number of allylic oxidation sites excluding steroid dienone is 2. The van der Waals surface area contributed by atoms with Gasteiger partial charge in [-0.05, 0) is 25.7 Å². The van der Waals surface area contributed by atoms with Crippen molar-refractivity contribution in [3.8, 4) is 0 Å². The van der Waals surface area contributed by atoms with E-state index in [1.807, 2.05) is 0 Å². The Morgan fingerprint density at radius 2 is 0.636 bits per heavy atom. The molecule has 0 unspecified atom stereocenters. The first-order chi connectivity index (χ1) is 10.9. The van der Waals surface area contributed by atoms with Crippen molar-refractivity contribution in [3.05, 3.63) is 26.0 Å². The standard InChI is InChI=1S/C22H42/c1-3-5-7-9-11-13-15-17-19-21-22-20-18-16-14-12-10-8-6-4-2/h11,13H,1-10,12,14-22H2. The topological polar surface area (TPSA) is 0 Å². The average Bonchev–Trinajstić information content (AvgIpc) is 2.54. The van der Waals surface area contributed by atoms with E-state index in [0.29, 0.717) is 0 Å². The number of unbranched alkanes of at least 4 members (excludes halogenated alkanes) is 16. The van der Waals surface area contributed by atoms with Crippen LogP contribution in [0.4, 0.5) is 0 Å². The van der Waals surface area contributed by atoms with Crippen LogP contribution in [-0.4, -0.2) is 0 Å². The van der Waals surface area contributed by atoms with Crippen molar-refractivity contribution in [2.75, 3.05) is 0 Å². The molecule has 22 heavy (non-hydrogen) atoms. The molecule has 0 rings (SSSR count). The highest BCUT2D eigenvalue weighted by Gasteiger charge is 1.93. The molecular formula is C22H42. The van der Waals surface area contributed by atoms with Crippen molar-refractivity contribution in [1.29, 1.82) is 0 Å². The highest BCUT2D eigenvalue weighted by atomic mass is 14.0. The van der Waals surface area contributed by atoms with Crippen molar-refractivity contribution in [1.82, 2.24) is 0 Å².